The number of piperidine rings is 1. The summed E-state index contributed by atoms with van der Waals surface area (Å²) in [6.45, 7) is 2.30. The van der Waals surface area contributed by atoms with Gasteiger partial charge in [0.2, 0.25) is 0 Å². The molecule has 1 aliphatic heterocycles. The molecule has 1 aliphatic rings. The fourth-order valence-corrected chi connectivity index (χ4v) is 2.64. The number of hydrogen-bond acceptors (Lipinski definition) is 2. The molecule has 3 rings (SSSR count). The molecule has 0 unspecified atom stereocenters. The van der Waals surface area contributed by atoms with Gasteiger partial charge in [-0.25, -0.2) is 0 Å². The highest BCUT2D eigenvalue weighted by molar-refractivity contribution is 5.62. The summed E-state index contributed by atoms with van der Waals surface area (Å²) in [5.74, 6) is 0.731. The molecule has 0 saturated carbocycles. The molecule has 0 aliphatic carbocycles. The van der Waals surface area contributed by atoms with Gasteiger partial charge in [-0.3, -0.25) is 4.98 Å². The smallest absolute Gasteiger partial charge is 0.0346 e. The third-order valence-corrected chi connectivity index (χ3v) is 3.72. The van der Waals surface area contributed by atoms with Crippen LogP contribution in [0.2, 0.25) is 0 Å². The molecule has 2 aromatic rings. The lowest BCUT2D eigenvalue weighted by molar-refractivity contribution is 0.460. The van der Waals surface area contributed by atoms with Gasteiger partial charge in [-0.2, -0.15) is 0 Å². The second-order valence-electron chi connectivity index (χ2n) is 4.89. The summed E-state index contributed by atoms with van der Waals surface area (Å²) >= 11 is 0. The molecule has 0 atom stereocenters. The molecule has 0 spiro atoms. The van der Waals surface area contributed by atoms with Crippen molar-refractivity contribution in [3.05, 3.63) is 54.4 Å². The third kappa shape index (κ3) is 2.44. The summed E-state index contributed by atoms with van der Waals surface area (Å²) in [5, 5.41) is 3.41. The predicted octanol–water partition coefficient (Wildman–Crippen LogP) is 3.22. The first-order valence-electron chi connectivity index (χ1n) is 6.64. The van der Waals surface area contributed by atoms with Crippen LogP contribution >= 0.6 is 0 Å². The molecule has 2 heterocycles. The van der Waals surface area contributed by atoms with E-state index in [1.54, 1.807) is 0 Å². The van der Waals surface area contributed by atoms with E-state index in [1.807, 2.05) is 18.5 Å². The van der Waals surface area contributed by atoms with Gasteiger partial charge in [-0.15, -0.1) is 0 Å². The Bertz CT molecular complexity index is 484. The van der Waals surface area contributed by atoms with Crippen molar-refractivity contribution in [3.8, 4) is 11.1 Å². The quantitative estimate of drug-likeness (QED) is 0.869. The Labute approximate surface area is 108 Å². The zero-order valence-electron chi connectivity index (χ0n) is 10.5. The van der Waals surface area contributed by atoms with Crippen molar-refractivity contribution in [2.24, 2.45) is 0 Å². The van der Waals surface area contributed by atoms with E-state index < -0.39 is 0 Å². The molecule has 2 heteroatoms. The van der Waals surface area contributed by atoms with Crippen LogP contribution < -0.4 is 5.32 Å². The van der Waals surface area contributed by atoms with Gasteiger partial charge in [-0.1, -0.05) is 30.3 Å². The van der Waals surface area contributed by atoms with Crippen molar-refractivity contribution < 1.29 is 0 Å². The van der Waals surface area contributed by atoms with Gasteiger partial charge in [0.25, 0.3) is 0 Å². The van der Waals surface area contributed by atoms with Gasteiger partial charge in [-0.05, 0) is 54.6 Å². The highest BCUT2D eigenvalue weighted by Gasteiger charge is 2.14. The Balaban J connectivity index is 1.80. The Hall–Kier alpha value is -1.67. The molecule has 1 N–H and O–H groups in total. The molecular weight excluding hydrogens is 220 g/mol. The average molecular weight is 238 g/mol. The molecule has 1 saturated heterocycles. The first-order chi connectivity index (χ1) is 8.93. The minimum atomic E-state index is 0.731. The number of nitrogens with one attached hydrogen (secondary N) is 1. The molecule has 1 aromatic carbocycles. The lowest BCUT2D eigenvalue weighted by Gasteiger charge is -2.23. The SMILES string of the molecule is c1cncc(-c2ccc(C3CCNCC3)cc2)c1. The van der Waals surface area contributed by atoms with Crippen LogP contribution in [0.1, 0.15) is 24.3 Å². The number of nitrogens with zero attached hydrogens (tertiary/aromatic N) is 1. The largest absolute Gasteiger partial charge is 0.317 e. The van der Waals surface area contributed by atoms with E-state index in [0.29, 0.717) is 0 Å². The molecule has 92 valence electrons. The maximum absolute atomic E-state index is 4.17. The van der Waals surface area contributed by atoms with Crippen LogP contribution in [0.3, 0.4) is 0 Å². The Morgan fingerprint density at radius 2 is 1.72 bits per heavy atom. The van der Waals surface area contributed by atoms with Gasteiger partial charge in [0.1, 0.15) is 0 Å². The van der Waals surface area contributed by atoms with Gasteiger partial charge >= 0.3 is 0 Å². The zero-order chi connectivity index (χ0) is 12.2. The summed E-state index contributed by atoms with van der Waals surface area (Å²) in [4.78, 5) is 4.17. The topological polar surface area (TPSA) is 24.9 Å². The summed E-state index contributed by atoms with van der Waals surface area (Å²) < 4.78 is 0. The van der Waals surface area contributed by atoms with Gasteiger partial charge in [0.15, 0.2) is 0 Å². The number of aromatic nitrogens is 1. The summed E-state index contributed by atoms with van der Waals surface area (Å²) in [5.41, 5.74) is 3.92. The minimum Gasteiger partial charge on any atom is -0.317 e. The van der Waals surface area contributed by atoms with Crippen LogP contribution in [0.25, 0.3) is 11.1 Å². The van der Waals surface area contributed by atoms with Crippen LogP contribution in [0.4, 0.5) is 0 Å². The number of pyridine rings is 1. The van der Waals surface area contributed by atoms with Crippen LogP contribution in [-0.2, 0) is 0 Å². The zero-order valence-corrected chi connectivity index (χ0v) is 10.5. The average Bonchev–Trinajstić information content (AvgIpc) is 2.49. The van der Waals surface area contributed by atoms with E-state index in [4.69, 9.17) is 0 Å². The summed E-state index contributed by atoms with van der Waals surface area (Å²) in [6, 6.07) is 13.1. The highest BCUT2D eigenvalue weighted by atomic mass is 14.9. The van der Waals surface area contributed by atoms with Gasteiger partial charge < -0.3 is 5.32 Å². The first-order valence-corrected chi connectivity index (χ1v) is 6.64. The Morgan fingerprint density at radius 1 is 0.944 bits per heavy atom. The van der Waals surface area contributed by atoms with E-state index >= 15 is 0 Å². The molecule has 0 amide bonds. The van der Waals surface area contributed by atoms with Crippen LogP contribution in [-0.4, -0.2) is 18.1 Å². The second kappa shape index (κ2) is 5.32. The Morgan fingerprint density at radius 3 is 2.39 bits per heavy atom. The van der Waals surface area contributed by atoms with Crippen molar-refractivity contribution >= 4 is 0 Å². The standard InChI is InChI=1S/C16H18N2/c1-2-16(12-18-9-1)14-5-3-13(4-6-14)15-7-10-17-11-8-15/h1-6,9,12,15,17H,7-8,10-11H2. The van der Waals surface area contributed by atoms with Crippen molar-refractivity contribution in [1.82, 2.24) is 10.3 Å². The molecule has 0 bridgehead atoms. The maximum atomic E-state index is 4.17. The van der Waals surface area contributed by atoms with Crippen molar-refractivity contribution in [2.45, 2.75) is 18.8 Å². The van der Waals surface area contributed by atoms with Gasteiger partial charge in [0, 0.05) is 12.4 Å². The second-order valence-corrected chi connectivity index (χ2v) is 4.89. The summed E-state index contributed by atoms with van der Waals surface area (Å²) in [6.07, 6.45) is 6.24. The predicted molar refractivity (Wildman–Crippen MR) is 74.5 cm³/mol. The van der Waals surface area contributed by atoms with Crippen LogP contribution in [0.15, 0.2) is 48.8 Å². The molecule has 1 fully saturated rings. The number of rotatable bonds is 2. The highest BCUT2D eigenvalue weighted by Crippen LogP contribution is 2.27. The molecule has 0 radical (unpaired) electrons. The lowest BCUT2D eigenvalue weighted by Crippen LogP contribution is -2.26. The molecule has 18 heavy (non-hydrogen) atoms. The van der Waals surface area contributed by atoms with E-state index in [9.17, 15) is 0 Å². The fourth-order valence-electron chi connectivity index (χ4n) is 2.64. The maximum Gasteiger partial charge on any atom is 0.0346 e. The van der Waals surface area contributed by atoms with Gasteiger partial charge in [0.05, 0.1) is 0 Å². The normalized spacial score (nSPS) is 16.7. The van der Waals surface area contributed by atoms with Crippen molar-refractivity contribution in [2.75, 3.05) is 13.1 Å². The third-order valence-electron chi connectivity index (χ3n) is 3.72. The molecule has 2 nitrogen and oxygen atoms in total. The lowest BCUT2D eigenvalue weighted by atomic mass is 9.89. The molecular formula is C16H18N2. The first kappa shape index (κ1) is 11.4. The molecule has 1 aromatic heterocycles. The number of benzene rings is 1. The van der Waals surface area contributed by atoms with E-state index in [0.717, 1.165) is 19.0 Å². The Kier molecular flexibility index (Phi) is 3.37. The minimum absolute atomic E-state index is 0.731. The number of hydrogen-bond donors (Lipinski definition) is 1. The monoisotopic (exact) mass is 238 g/mol. The van der Waals surface area contributed by atoms with Crippen LogP contribution in [0, 0.1) is 0 Å². The van der Waals surface area contributed by atoms with E-state index in [-0.39, 0.29) is 0 Å². The van der Waals surface area contributed by atoms with Crippen LogP contribution in [0.5, 0.6) is 0 Å². The summed E-state index contributed by atoms with van der Waals surface area (Å²) in [7, 11) is 0. The fraction of sp³-hybridized carbons (Fsp3) is 0.312. The van der Waals surface area contributed by atoms with Crippen molar-refractivity contribution in [1.29, 1.82) is 0 Å². The van der Waals surface area contributed by atoms with Crippen molar-refractivity contribution in [3.63, 3.8) is 0 Å². The van der Waals surface area contributed by atoms with E-state index in [1.165, 1.54) is 29.5 Å². The van der Waals surface area contributed by atoms with E-state index in [2.05, 4.69) is 40.6 Å².